The van der Waals surface area contributed by atoms with E-state index in [4.69, 9.17) is 10.5 Å². The zero-order valence-corrected chi connectivity index (χ0v) is 9.06. The van der Waals surface area contributed by atoms with Crippen molar-refractivity contribution >= 4 is 0 Å². The van der Waals surface area contributed by atoms with Crippen LogP contribution in [0.3, 0.4) is 0 Å². The molecule has 0 amide bonds. The highest BCUT2D eigenvalue weighted by atomic mass is 16.5. The van der Waals surface area contributed by atoms with Gasteiger partial charge in [-0.3, -0.25) is 0 Å². The number of nitrogens with two attached hydrogens (primary N) is 1. The Bertz CT molecular complexity index is 292. The van der Waals surface area contributed by atoms with Crippen LogP contribution in [0.2, 0.25) is 0 Å². The maximum atomic E-state index is 5.68. The molecule has 2 heterocycles. The van der Waals surface area contributed by atoms with Crippen molar-refractivity contribution in [2.75, 3.05) is 6.61 Å². The standard InChI is InChI=1S/C11H19N3O/c12-7-10-8-13-9-14(10)5-4-11-3-1-2-6-15-11/h8-9,11H,1-7,12H2. The molecule has 0 spiro atoms. The van der Waals surface area contributed by atoms with Gasteiger partial charge >= 0.3 is 0 Å². The van der Waals surface area contributed by atoms with E-state index in [1.807, 2.05) is 12.5 Å². The quantitative estimate of drug-likeness (QED) is 0.813. The van der Waals surface area contributed by atoms with Crippen molar-refractivity contribution in [1.82, 2.24) is 9.55 Å². The molecule has 0 saturated carbocycles. The van der Waals surface area contributed by atoms with Gasteiger partial charge in [0.1, 0.15) is 0 Å². The third-order valence-electron chi connectivity index (χ3n) is 2.97. The molecular formula is C11H19N3O. The topological polar surface area (TPSA) is 53.1 Å². The van der Waals surface area contributed by atoms with Crippen molar-refractivity contribution in [2.45, 2.75) is 44.9 Å². The molecular weight excluding hydrogens is 190 g/mol. The number of ether oxygens (including phenoxy) is 1. The Kier molecular flexibility index (Phi) is 3.75. The molecule has 0 aromatic carbocycles. The highest BCUT2D eigenvalue weighted by molar-refractivity contribution is 4.97. The van der Waals surface area contributed by atoms with Gasteiger partial charge in [0, 0.05) is 25.9 Å². The predicted octanol–water partition coefficient (Wildman–Crippen LogP) is 1.30. The van der Waals surface area contributed by atoms with E-state index in [0.717, 1.165) is 25.3 Å². The fraction of sp³-hybridized carbons (Fsp3) is 0.727. The van der Waals surface area contributed by atoms with Crippen molar-refractivity contribution in [3.05, 3.63) is 18.2 Å². The second-order valence-electron chi connectivity index (χ2n) is 4.06. The highest BCUT2D eigenvalue weighted by Gasteiger charge is 2.13. The van der Waals surface area contributed by atoms with Crippen LogP contribution in [0.25, 0.3) is 0 Å². The molecule has 1 aliphatic rings. The highest BCUT2D eigenvalue weighted by Crippen LogP contribution is 2.16. The van der Waals surface area contributed by atoms with E-state index in [-0.39, 0.29) is 0 Å². The fourth-order valence-electron chi connectivity index (χ4n) is 2.04. The number of aromatic nitrogens is 2. The second-order valence-corrected chi connectivity index (χ2v) is 4.06. The summed E-state index contributed by atoms with van der Waals surface area (Å²) in [5, 5.41) is 0. The zero-order chi connectivity index (χ0) is 10.5. The number of hydrogen-bond donors (Lipinski definition) is 1. The first-order valence-electron chi connectivity index (χ1n) is 5.71. The first-order valence-corrected chi connectivity index (χ1v) is 5.71. The van der Waals surface area contributed by atoms with Gasteiger partial charge in [0.15, 0.2) is 0 Å². The summed E-state index contributed by atoms with van der Waals surface area (Å²) in [6, 6.07) is 0. The van der Waals surface area contributed by atoms with Crippen LogP contribution in [0.4, 0.5) is 0 Å². The summed E-state index contributed by atoms with van der Waals surface area (Å²) in [7, 11) is 0. The van der Waals surface area contributed by atoms with Gasteiger partial charge < -0.3 is 15.0 Å². The smallest absolute Gasteiger partial charge is 0.0948 e. The van der Waals surface area contributed by atoms with Crippen molar-refractivity contribution in [3.8, 4) is 0 Å². The van der Waals surface area contributed by atoms with Gasteiger partial charge in [0.25, 0.3) is 0 Å². The first kappa shape index (κ1) is 10.6. The summed E-state index contributed by atoms with van der Waals surface area (Å²) in [6.07, 6.45) is 8.92. The van der Waals surface area contributed by atoms with Crippen molar-refractivity contribution in [1.29, 1.82) is 0 Å². The van der Waals surface area contributed by atoms with Gasteiger partial charge in [-0.2, -0.15) is 0 Å². The zero-order valence-electron chi connectivity index (χ0n) is 9.06. The monoisotopic (exact) mass is 209 g/mol. The first-order chi connectivity index (χ1) is 7.40. The molecule has 0 radical (unpaired) electrons. The summed E-state index contributed by atoms with van der Waals surface area (Å²) in [6.45, 7) is 2.46. The molecule has 84 valence electrons. The molecule has 1 aromatic heterocycles. The van der Waals surface area contributed by atoms with Crippen LogP contribution < -0.4 is 5.73 Å². The largest absolute Gasteiger partial charge is 0.378 e. The van der Waals surface area contributed by atoms with Gasteiger partial charge in [0.05, 0.1) is 18.1 Å². The molecule has 1 aliphatic heterocycles. The van der Waals surface area contributed by atoms with E-state index in [1.165, 1.54) is 19.3 Å². The lowest BCUT2D eigenvalue weighted by Gasteiger charge is -2.22. The van der Waals surface area contributed by atoms with Gasteiger partial charge in [-0.25, -0.2) is 4.98 Å². The van der Waals surface area contributed by atoms with Crippen LogP contribution in [0.1, 0.15) is 31.4 Å². The molecule has 1 fully saturated rings. The van der Waals surface area contributed by atoms with Crippen LogP contribution in [0, 0.1) is 0 Å². The van der Waals surface area contributed by atoms with Crippen molar-refractivity contribution in [3.63, 3.8) is 0 Å². The van der Waals surface area contributed by atoms with Crippen molar-refractivity contribution < 1.29 is 4.74 Å². The molecule has 2 N–H and O–H groups in total. The molecule has 15 heavy (non-hydrogen) atoms. The summed E-state index contributed by atoms with van der Waals surface area (Å²) >= 11 is 0. The molecule has 1 aromatic rings. The van der Waals surface area contributed by atoms with E-state index in [9.17, 15) is 0 Å². The number of rotatable bonds is 4. The summed E-state index contributed by atoms with van der Waals surface area (Å²) in [4.78, 5) is 4.10. The summed E-state index contributed by atoms with van der Waals surface area (Å²) in [5.74, 6) is 0. The van der Waals surface area contributed by atoms with Gasteiger partial charge in [-0.1, -0.05) is 0 Å². The van der Waals surface area contributed by atoms with Crippen LogP contribution in [-0.4, -0.2) is 22.3 Å². The maximum absolute atomic E-state index is 5.68. The van der Waals surface area contributed by atoms with Crippen LogP contribution >= 0.6 is 0 Å². The molecule has 0 bridgehead atoms. The van der Waals surface area contributed by atoms with Crippen LogP contribution in [-0.2, 0) is 17.8 Å². The minimum Gasteiger partial charge on any atom is -0.378 e. The third kappa shape index (κ3) is 2.79. The Morgan fingerprint density at radius 2 is 2.47 bits per heavy atom. The van der Waals surface area contributed by atoms with Gasteiger partial charge in [-0.15, -0.1) is 0 Å². The molecule has 1 atom stereocenters. The molecule has 4 heteroatoms. The van der Waals surface area contributed by atoms with Crippen LogP contribution in [0.15, 0.2) is 12.5 Å². The minimum absolute atomic E-state index is 0.437. The minimum atomic E-state index is 0.437. The Hall–Kier alpha value is -0.870. The molecule has 0 aliphatic carbocycles. The fourth-order valence-corrected chi connectivity index (χ4v) is 2.04. The van der Waals surface area contributed by atoms with E-state index in [1.54, 1.807) is 0 Å². The SMILES string of the molecule is NCc1cncn1CCC1CCCCO1. The molecule has 1 unspecified atom stereocenters. The third-order valence-corrected chi connectivity index (χ3v) is 2.97. The van der Waals surface area contributed by atoms with E-state index < -0.39 is 0 Å². The van der Waals surface area contributed by atoms with E-state index >= 15 is 0 Å². The van der Waals surface area contributed by atoms with Gasteiger partial charge in [-0.05, 0) is 25.7 Å². The predicted molar refractivity (Wildman–Crippen MR) is 58.3 cm³/mol. The Morgan fingerprint density at radius 3 is 3.20 bits per heavy atom. The molecule has 4 nitrogen and oxygen atoms in total. The molecule has 2 rings (SSSR count). The maximum Gasteiger partial charge on any atom is 0.0948 e. The Balaban J connectivity index is 1.81. The number of aryl methyl sites for hydroxylation is 1. The lowest BCUT2D eigenvalue weighted by Crippen LogP contribution is -2.21. The van der Waals surface area contributed by atoms with Crippen LogP contribution in [0.5, 0.6) is 0 Å². The van der Waals surface area contributed by atoms with Gasteiger partial charge in [0.2, 0.25) is 0 Å². The number of imidazole rings is 1. The lowest BCUT2D eigenvalue weighted by atomic mass is 10.1. The average Bonchev–Trinajstić information content (AvgIpc) is 2.75. The van der Waals surface area contributed by atoms with Crippen molar-refractivity contribution in [2.24, 2.45) is 5.73 Å². The van der Waals surface area contributed by atoms with E-state index in [2.05, 4.69) is 9.55 Å². The lowest BCUT2D eigenvalue weighted by molar-refractivity contribution is 0.00870. The molecule has 1 saturated heterocycles. The Labute approximate surface area is 90.4 Å². The Morgan fingerprint density at radius 1 is 1.53 bits per heavy atom. The normalized spacial score (nSPS) is 21.8. The number of hydrogen-bond acceptors (Lipinski definition) is 3. The summed E-state index contributed by atoms with van der Waals surface area (Å²) in [5.41, 5.74) is 6.71. The summed E-state index contributed by atoms with van der Waals surface area (Å²) < 4.78 is 7.81. The average molecular weight is 209 g/mol. The second kappa shape index (κ2) is 5.28. The van der Waals surface area contributed by atoms with E-state index in [0.29, 0.717) is 12.6 Å². The number of nitrogens with zero attached hydrogens (tertiary/aromatic N) is 2.